The first-order chi connectivity index (χ1) is 7.02. The highest BCUT2D eigenvalue weighted by Gasteiger charge is 2.33. The van der Waals surface area contributed by atoms with Crippen LogP contribution in [-0.2, 0) is 9.59 Å². The summed E-state index contributed by atoms with van der Waals surface area (Å²) in [6.45, 7) is 0.659. The lowest BCUT2D eigenvalue weighted by atomic mass is 10.2. The van der Waals surface area contributed by atoms with Gasteiger partial charge in [-0.05, 0) is 14.1 Å². The van der Waals surface area contributed by atoms with Crippen LogP contribution in [0.2, 0.25) is 0 Å². The number of nitrogens with zero attached hydrogens (tertiary/aromatic N) is 2. The van der Waals surface area contributed by atoms with Crippen LogP contribution in [0.1, 0.15) is 6.42 Å². The molecule has 0 radical (unpaired) electrons. The summed E-state index contributed by atoms with van der Waals surface area (Å²) in [5, 5.41) is 8.89. The third kappa shape index (κ3) is 3.39. The molecule has 6 heteroatoms. The van der Waals surface area contributed by atoms with E-state index in [0.29, 0.717) is 24.6 Å². The van der Waals surface area contributed by atoms with E-state index < -0.39 is 12.0 Å². The van der Waals surface area contributed by atoms with Crippen LogP contribution in [0.15, 0.2) is 0 Å². The maximum Gasteiger partial charge on any atom is 0.327 e. The first-order valence-corrected chi connectivity index (χ1v) is 5.92. The largest absolute Gasteiger partial charge is 0.480 e. The molecule has 1 aliphatic rings. The fourth-order valence-corrected chi connectivity index (χ4v) is 2.53. The van der Waals surface area contributed by atoms with E-state index in [4.69, 9.17) is 5.11 Å². The van der Waals surface area contributed by atoms with Gasteiger partial charge >= 0.3 is 5.97 Å². The molecule has 5 nitrogen and oxygen atoms in total. The number of carboxylic acids is 1. The summed E-state index contributed by atoms with van der Waals surface area (Å²) in [7, 11) is 3.78. The summed E-state index contributed by atoms with van der Waals surface area (Å²) >= 11 is 1.49. The molecule has 1 heterocycles. The molecule has 0 aromatic heterocycles. The van der Waals surface area contributed by atoms with Crippen molar-refractivity contribution in [2.45, 2.75) is 12.5 Å². The molecule has 1 amide bonds. The fraction of sp³-hybridized carbons (Fsp3) is 0.778. The van der Waals surface area contributed by atoms with E-state index in [1.807, 2.05) is 19.0 Å². The van der Waals surface area contributed by atoms with E-state index in [-0.39, 0.29) is 5.91 Å². The summed E-state index contributed by atoms with van der Waals surface area (Å²) in [5.74, 6) is 0.0333. The molecular formula is C9H16N2O3S. The first kappa shape index (κ1) is 12.3. The Kier molecular flexibility index (Phi) is 4.41. The lowest BCUT2D eigenvalue weighted by Crippen LogP contribution is -2.42. The molecule has 15 heavy (non-hydrogen) atoms. The van der Waals surface area contributed by atoms with Gasteiger partial charge in [0.05, 0.1) is 5.88 Å². The maximum absolute atomic E-state index is 11.7. The third-order valence-electron chi connectivity index (χ3n) is 2.26. The Balaban J connectivity index is 2.47. The van der Waals surface area contributed by atoms with Gasteiger partial charge in [0.2, 0.25) is 5.91 Å². The highest BCUT2D eigenvalue weighted by molar-refractivity contribution is 7.99. The van der Waals surface area contributed by atoms with Gasteiger partial charge in [0.1, 0.15) is 6.04 Å². The molecule has 86 valence electrons. The molecule has 0 aromatic rings. The number of carboxylic acid groups (broad SMARTS) is 1. The molecular weight excluding hydrogens is 216 g/mol. The van der Waals surface area contributed by atoms with Gasteiger partial charge in [-0.2, -0.15) is 0 Å². The fourth-order valence-electron chi connectivity index (χ4n) is 1.36. The van der Waals surface area contributed by atoms with Crippen LogP contribution in [0.5, 0.6) is 0 Å². The number of aliphatic carboxylic acids is 1. The SMILES string of the molecule is CN(C)CCC(=O)N1CSCC1C(=O)O. The van der Waals surface area contributed by atoms with E-state index in [9.17, 15) is 9.59 Å². The van der Waals surface area contributed by atoms with Crippen LogP contribution in [0.25, 0.3) is 0 Å². The van der Waals surface area contributed by atoms with Gasteiger partial charge in [-0.1, -0.05) is 0 Å². The van der Waals surface area contributed by atoms with Crippen LogP contribution < -0.4 is 0 Å². The monoisotopic (exact) mass is 232 g/mol. The van der Waals surface area contributed by atoms with Gasteiger partial charge in [-0.25, -0.2) is 4.79 Å². The Labute approximate surface area is 93.4 Å². The zero-order valence-corrected chi connectivity index (χ0v) is 9.79. The molecule has 0 aromatic carbocycles. The van der Waals surface area contributed by atoms with Crippen molar-refractivity contribution < 1.29 is 14.7 Å². The molecule has 1 rings (SSSR count). The Hall–Kier alpha value is -0.750. The molecule has 1 N–H and O–H groups in total. The summed E-state index contributed by atoms with van der Waals surface area (Å²) in [6, 6.07) is -0.635. The maximum atomic E-state index is 11.7. The van der Waals surface area contributed by atoms with E-state index in [1.165, 1.54) is 16.7 Å². The average molecular weight is 232 g/mol. The van der Waals surface area contributed by atoms with Gasteiger partial charge < -0.3 is 14.9 Å². The smallest absolute Gasteiger partial charge is 0.327 e. The van der Waals surface area contributed by atoms with Crippen molar-refractivity contribution in [1.82, 2.24) is 9.80 Å². The molecule has 1 unspecified atom stereocenters. The second-order valence-electron chi connectivity index (χ2n) is 3.77. The van der Waals surface area contributed by atoms with Crippen molar-refractivity contribution >= 4 is 23.6 Å². The quantitative estimate of drug-likeness (QED) is 0.735. The minimum absolute atomic E-state index is 0.0684. The van der Waals surface area contributed by atoms with Crippen LogP contribution in [0, 0.1) is 0 Å². The minimum atomic E-state index is -0.904. The summed E-state index contributed by atoms with van der Waals surface area (Å²) < 4.78 is 0. The van der Waals surface area contributed by atoms with Crippen molar-refractivity contribution in [3.8, 4) is 0 Å². The van der Waals surface area contributed by atoms with Crippen LogP contribution in [0.4, 0.5) is 0 Å². The van der Waals surface area contributed by atoms with E-state index >= 15 is 0 Å². The van der Waals surface area contributed by atoms with Crippen molar-refractivity contribution in [3.05, 3.63) is 0 Å². The van der Waals surface area contributed by atoms with Gasteiger partial charge in [0, 0.05) is 18.7 Å². The number of thioether (sulfide) groups is 1. The first-order valence-electron chi connectivity index (χ1n) is 4.77. The Morgan fingerprint density at radius 1 is 1.53 bits per heavy atom. The normalized spacial score (nSPS) is 21.0. The molecule has 1 atom stereocenters. The molecule has 0 saturated carbocycles. The molecule has 1 aliphatic heterocycles. The minimum Gasteiger partial charge on any atom is -0.480 e. The Bertz CT molecular complexity index is 258. The number of carbonyl (C=O) groups is 2. The second kappa shape index (κ2) is 5.37. The van der Waals surface area contributed by atoms with E-state index in [0.717, 1.165) is 0 Å². The van der Waals surface area contributed by atoms with Crippen molar-refractivity contribution in [1.29, 1.82) is 0 Å². The zero-order valence-electron chi connectivity index (χ0n) is 8.97. The summed E-state index contributed by atoms with van der Waals surface area (Å²) in [5.41, 5.74) is 0. The summed E-state index contributed by atoms with van der Waals surface area (Å²) in [4.78, 5) is 25.9. The Morgan fingerprint density at radius 3 is 2.73 bits per heavy atom. The Morgan fingerprint density at radius 2 is 2.20 bits per heavy atom. The summed E-state index contributed by atoms with van der Waals surface area (Å²) in [6.07, 6.45) is 0.386. The van der Waals surface area contributed by atoms with E-state index in [2.05, 4.69) is 0 Å². The predicted molar refractivity (Wildman–Crippen MR) is 58.8 cm³/mol. The van der Waals surface area contributed by atoms with Gasteiger partial charge in [0.25, 0.3) is 0 Å². The molecule has 0 spiro atoms. The highest BCUT2D eigenvalue weighted by atomic mass is 32.2. The third-order valence-corrected chi connectivity index (χ3v) is 3.27. The molecule has 0 aliphatic carbocycles. The average Bonchev–Trinajstić information content (AvgIpc) is 2.62. The number of hydrogen-bond acceptors (Lipinski definition) is 4. The van der Waals surface area contributed by atoms with Crippen LogP contribution >= 0.6 is 11.8 Å². The van der Waals surface area contributed by atoms with Crippen molar-refractivity contribution in [2.75, 3.05) is 32.3 Å². The number of carbonyl (C=O) groups excluding carboxylic acids is 1. The number of rotatable bonds is 4. The molecule has 1 saturated heterocycles. The van der Waals surface area contributed by atoms with Crippen molar-refractivity contribution in [2.24, 2.45) is 0 Å². The van der Waals surface area contributed by atoms with Crippen LogP contribution in [-0.4, -0.2) is 65.1 Å². The number of hydrogen-bond donors (Lipinski definition) is 1. The highest BCUT2D eigenvalue weighted by Crippen LogP contribution is 2.21. The predicted octanol–water partition coefficient (Wildman–Crippen LogP) is -0.0758. The van der Waals surface area contributed by atoms with Gasteiger partial charge in [-0.15, -0.1) is 11.8 Å². The lowest BCUT2D eigenvalue weighted by Gasteiger charge is -2.21. The molecule has 1 fully saturated rings. The van der Waals surface area contributed by atoms with Crippen molar-refractivity contribution in [3.63, 3.8) is 0 Å². The standard InChI is InChI=1S/C9H16N2O3S/c1-10(2)4-3-8(12)11-6-15-5-7(11)9(13)14/h7H,3-6H2,1-2H3,(H,13,14). The second-order valence-corrected chi connectivity index (χ2v) is 4.77. The van der Waals surface area contributed by atoms with Gasteiger partial charge in [-0.3, -0.25) is 4.79 Å². The van der Waals surface area contributed by atoms with E-state index in [1.54, 1.807) is 0 Å². The number of amides is 1. The van der Waals surface area contributed by atoms with Gasteiger partial charge in [0.15, 0.2) is 0 Å². The molecule has 0 bridgehead atoms. The topological polar surface area (TPSA) is 60.9 Å². The van der Waals surface area contributed by atoms with Crippen LogP contribution in [0.3, 0.4) is 0 Å². The zero-order chi connectivity index (χ0) is 11.4. The lowest BCUT2D eigenvalue weighted by molar-refractivity contribution is -0.147.